The summed E-state index contributed by atoms with van der Waals surface area (Å²) in [5.41, 5.74) is 0.640. The smallest absolute Gasteiger partial charge is 0.316 e. The molecule has 0 radical (unpaired) electrons. The topological polar surface area (TPSA) is 75.7 Å². The summed E-state index contributed by atoms with van der Waals surface area (Å²) in [6.07, 6.45) is 2.22. The van der Waals surface area contributed by atoms with Crippen LogP contribution in [0.1, 0.15) is 40.0 Å². The Bertz CT molecular complexity index is 688. The van der Waals surface area contributed by atoms with Gasteiger partial charge in [0.05, 0.1) is 11.5 Å². The number of esters is 1. The van der Waals surface area contributed by atoms with Crippen molar-refractivity contribution >= 4 is 46.8 Å². The highest BCUT2D eigenvalue weighted by atomic mass is 35.5. The molecule has 8 heteroatoms. The van der Waals surface area contributed by atoms with Gasteiger partial charge in [0.2, 0.25) is 5.91 Å². The highest BCUT2D eigenvalue weighted by Crippen LogP contribution is 2.23. The lowest BCUT2D eigenvalue weighted by molar-refractivity contribution is -0.160. The molecule has 0 unspecified atom stereocenters. The molecule has 1 aromatic carbocycles. The monoisotopic (exact) mass is 426 g/mol. The highest BCUT2D eigenvalue weighted by Gasteiger charge is 2.33. The number of carbonyl (C=O) groups excluding carboxylic acids is 3. The summed E-state index contributed by atoms with van der Waals surface area (Å²) in [6.45, 7) is 5.65. The molecule has 1 heterocycles. The van der Waals surface area contributed by atoms with Gasteiger partial charge in [-0.3, -0.25) is 14.4 Å². The number of likely N-dealkylation sites (tertiary alicyclic amines) is 1. The maximum Gasteiger partial charge on any atom is 0.316 e. The van der Waals surface area contributed by atoms with Crippen LogP contribution in [0.2, 0.25) is 5.02 Å². The van der Waals surface area contributed by atoms with Crippen molar-refractivity contribution in [2.45, 2.75) is 58.2 Å². The number of piperidine rings is 1. The zero-order valence-corrected chi connectivity index (χ0v) is 18.0. The van der Waals surface area contributed by atoms with E-state index in [2.05, 4.69) is 5.32 Å². The van der Waals surface area contributed by atoms with Crippen molar-refractivity contribution < 1.29 is 19.1 Å². The SMILES string of the molecule is C[C@H](OC(=O)CSCC(=O)Nc1ccc(Cl)cc1)C(=O)N1[C@H](C)CCC[C@@H]1C. The van der Waals surface area contributed by atoms with Gasteiger partial charge in [-0.15, -0.1) is 11.8 Å². The van der Waals surface area contributed by atoms with E-state index in [0.717, 1.165) is 31.0 Å². The molecule has 1 aliphatic rings. The molecule has 0 saturated carbocycles. The van der Waals surface area contributed by atoms with Crippen molar-refractivity contribution in [1.29, 1.82) is 0 Å². The largest absolute Gasteiger partial charge is 0.452 e. The number of ether oxygens (including phenoxy) is 1. The Kier molecular flexibility index (Phi) is 8.63. The van der Waals surface area contributed by atoms with Crippen LogP contribution < -0.4 is 5.32 Å². The van der Waals surface area contributed by atoms with Crippen LogP contribution in [0.5, 0.6) is 0 Å². The average molecular weight is 427 g/mol. The number of anilines is 1. The van der Waals surface area contributed by atoms with E-state index in [9.17, 15) is 14.4 Å². The molecule has 154 valence electrons. The second-order valence-electron chi connectivity index (χ2n) is 7.05. The van der Waals surface area contributed by atoms with Crippen LogP contribution in [0, 0.1) is 0 Å². The summed E-state index contributed by atoms with van der Waals surface area (Å²) in [5, 5.41) is 3.31. The molecule has 1 aromatic rings. The van der Waals surface area contributed by atoms with Gasteiger partial charge in [-0.25, -0.2) is 0 Å². The second-order valence-corrected chi connectivity index (χ2v) is 8.48. The third-order valence-electron chi connectivity index (χ3n) is 4.69. The van der Waals surface area contributed by atoms with E-state index in [4.69, 9.17) is 16.3 Å². The summed E-state index contributed by atoms with van der Waals surface area (Å²) in [5.74, 6) is -0.752. The van der Waals surface area contributed by atoms with Gasteiger partial charge in [-0.05, 0) is 64.3 Å². The first-order valence-corrected chi connectivity index (χ1v) is 11.0. The number of nitrogens with one attached hydrogen (secondary N) is 1. The zero-order chi connectivity index (χ0) is 20.7. The predicted molar refractivity (Wildman–Crippen MR) is 113 cm³/mol. The van der Waals surface area contributed by atoms with Crippen LogP contribution in [-0.4, -0.2) is 52.4 Å². The normalized spacial score (nSPS) is 20.4. The van der Waals surface area contributed by atoms with Crippen molar-refractivity contribution in [3.05, 3.63) is 29.3 Å². The van der Waals surface area contributed by atoms with E-state index >= 15 is 0 Å². The lowest BCUT2D eigenvalue weighted by atomic mass is 9.97. The van der Waals surface area contributed by atoms with Crippen LogP contribution in [0.25, 0.3) is 0 Å². The van der Waals surface area contributed by atoms with Crippen molar-refractivity contribution in [2.24, 2.45) is 0 Å². The van der Waals surface area contributed by atoms with Gasteiger partial charge in [0.15, 0.2) is 6.10 Å². The van der Waals surface area contributed by atoms with Crippen molar-refractivity contribution in [2.75, 3.05) is 16.8 Å². The van der Waals surface area contributed by atoms with E-state index in [-0.39, 0.29) is 35.4 Å². The van der Waals surface area contributed by atoms with Gasteiger partial charge in [0.1, 0.15) is 0 Å². The molecule has 1 N–H and O–H groups in total. The quantitative estimate of drug-likeness (QED) is 0.672. The predicted octanol–water partition coefficient (Wildman–Crippen LogP) is 3.73. The molecule has 3 atom stereocenters. The number of hydrogen-bond acceptors (Lipinski definition) is 5. The van der Waals surface area contributed by atoms with Gasteiger partial charge >= 0.3 is 5.97 Å². The van der Waals surface area contributed by atoms with Crippen molar-refractivity contribution in [1.82, 2.24) is 4.90 Å². The van der Waals surface area contributed by atoms with Crippen LogP contribution in [-0.2, 0) is 19.1 Å². The first-order valence-electron chi connectivity index (χ1n) is 9.42. The second kappa shape index (κ2) is 10.7. The van der Waals surface area contributed by atoms with Crippen LogP contribution >= 0.6 is 23.4 Å². The van der Waals surface area contributed by atoms with Gasteiger partial charge in [0, 0.05) is 22.8 Å². The molecule has 0 aromatic heterocycles. The minimum absolute atomic E-state index is 0.0107. The third kappa shape index (κ3) is 6.71. The van der Waals surface area contributed by atoms with E-state index in [0.29, 0.717) is 10.7 Å². The van der Waals surface area contributed by atoms with Crippen molar-refractivity contribution in [3.8, 4) is 0 Å². The number of thioether (sulfide) groups is 1. The molecule has 0 aliphatic carbocycles. The molecule has 2 rings (SSSR count). The van der Waals surface area contributed by atoms with Gasteiger partial charge in [-0.1, -0.05) is 11.6 Å². The summed E-state index contributed by atoms with van der Waals surface area (Å²) in [7, 11) is 0. The lowest BCUT2D eigenvalue weighted by Crippen LogP contribution is -2.51. The summed E-state index contributed by atoms with van der Waals surface area (Å²) >= 11 is 6.95. The Morgan fingerprint density at radius 1 is 1.18 bits per heavy atom. The van der Waals surface area contributed by atoms with Crippen LogP contribution in [0.3, 0.4) is 0 Å². The van der Waals surface area contributed by atoms with Gasteiger partial charge in [0.25, 0.3) is 5.91 Å². The number of rotatable bonds is 7. The first kappa shape index (κ1) is 22.6. The third-order valence-corrected chi connectivity index (χ3v) is 5.84. The molecule has 28 heavy (non-hydrogen) atoms. The fraction of sp³-hybridized carbons (Fsp3) is 0.550. The summed E-state index contributed by atoms with van der Waals surface area (Å²) in [4.78, 5) is 38.4. The summed E-state index contributed by atoms with van der Waals surface area (Å²) < 4.78 is 5.28. The maximum atomic E-state index is 12.6. The maximum absolute atomic E-state index is 12.6. The van der Waals surface area contributed by atoms with Gasteiger partial charge in [-0.2, -0.15) is 0 Å². The number of carbonyl (C=O) groups is 3. The van der Waals surface area contributed by atoms with E-state index in [1.54, 1.807) is 31.2 Å². The fourth-order valence-corrected chi connectivity index (χ4v) is 4.02. The first-order chi connectivity index (χ1) is 13.3. The minimum Gasteiger partial charge on any atom is -0.452 e. The van der Waals surface area contributed by atoms with Crippen molar-refractivity contribution in [3.63, 3.8) is 0 Å². The Morgan fingerprint density at radius 2 is 1.79 bits per heavy atom. The number of amides is 2. The van der Waals surface area contributed by atoms with Crippen LogP contribution in [0.4, 0.5) is 5.69 Å². The molecular formula is C20H27ClN2O4S. The van der Waals surface area contributed by atoms with E-state index in [1.165, 1.54) is 0 Å². The Balaban J connectivity index is 1.71. The number of benzene rings is 1. The molecule has 0 spiro atoms. The fourth-order valence-electron chi connectivity index (χ4n) is 3.30. The molecule has 2 amide bonds. The standard InChI is InChI=1S/C20H27ClN2O4S/c1-13-5-4-6-14(2)23(13)20(26)15(3)27-19(25)12-28-11-18(24)22-17-9-7-16(21)8-10-17/h7-10,13-15H,4-6,11-12H2,1-3H3,(H,22,24)/t13-,14+,15-/m0/s1. The number of nitrogens with zero attached hydrogens (tertiary/aromatic N) is 1. The number of hydrogen-bond donors (Lipinski definition) is 1. The highest BCUT2D eigenvalue weighted by molar-refractivity contribution is 8.00. The summed E-state index contributed by atoms with van der Waals surface area (Å²) in [6, 6.07) is 7.09. The Morgan fingerprint density at radius 3 is 2.39 bits per heavy atom. The minimum atomic E-state index is -0.820. The Hall–Kier alpha value is -1.73. The molecule has 1 aliphatic heterocycles. The molecule has 1 fully saturated rings. The van der Waals surface area contributed by atoms with E-state index in [1.807, 2.05) is 18.7 Å². The van der Waals surface area contributed by atoms with Crippen LogP contribution in [0.15, 0.2) is 24.3 Å². The van der Waals surface area contributed by atoms with E-state index < -0.39 is 12.1 Å². The molecule has 1 saturated heterocycles. The Labute approximate surface area is 175 Å². The molecule has 6 nitrogen and oxygen atoms in total. The lowest BCUT2D eigenvalue weighted by Gasteiger charge is -2.40. The average Bonchev–Trinajstić information content (AvgIpc) is 2.63. The molecular weight excluding hydrogens is 400 g/mol. The number of halogens is 1. The molecule has 0 bridgehead atoms. The zero-order valence-electron chi connectivity index (χ0n) is 16.4. The van der Waals surface area contributed by atoms with Gasteiger partial charge < -0.3 is 15.0 Å².